The molecule has 0 unspecified atom stereocenters. The number of aryl methyl sites for hydroxylation is 1. The van der Waals surface area contributed by atoms with Crippen molar-refractivity contribution in [3.63, 3.8) is 0 Å². The van der Waals surface area contributed by atoms with Gasteiger partial charge in [0.15, 0.2) is 11.5 Å². The molecule has 3 aromatic rings. The van der Waals surface area contributed by atoms with Gasteiger partial charge in [0.05, 0.1) is 32.0 Å². The molecule has 0 aliphatic heterocycles. The highest BCUT2D eigenvalue weighted by atomic mass is 32.1. The number of rotatable bonds is 10. The Morgan fingerprint density at radius 2 is 1.75 bits per heavy atom. The Kier molecular flexibility index (Phi) is 8.10. The highest BCUT2D eigenvalue weighted by Crippen LogP contribution is 2.34. The first-order chi connectivity index (χ1) is 15.5. The first-order valence-electron chi connectivity index (χ1n) is 9.91. The number of hydrogen-bond acceptors (Lipinski definition) is 7. The molecule has 0 aliphatic rings. The van der Waals surface area contributed by atoms with Crippen LogP contribution >= 0.6 is 11.3 Å². The number of benzene rings is 2. The summed E-state index contributed by atoms with van der Waals surface area (Å²) in [6.07, 6.45) is 3.20. The highest BCUT2D eigenvalue weighted by Gasteiger charge is 2.12. The number of para-hydroxylation sites is 1. The molecule has 1 heterocycles. The van der Waals surface area contributed by atoms with Crippen molar-refractivity contribution in [3.8, 4) is 23.0 Å². The molecular formula is C24H26N2O5S. The van der Waals surface area contributed by atoms with Crippen LogP contribution in [0.15, 0.2) is 47.9 Å². The van der Waals surface area contributed by atoms with Crippen LogP contribution in [0, 0.1) is 6.92 Å². The van der Waals surface area contributed by atoms with E-state index in [4.69, 9.17) is 18.9 Å². The van der Waals surface area contributed by atoms with Gasteiger partial charge in [-0.3, -0.25) is 4.79 Å². The van der Waals surface area contributed by atoms with E-state index in [9.17, 15) is 4.79 Å². The van der Waals surface area contributed by atoms with Gasteiger partial charge in [-0.15, -0.1) is 11.3 Å². The Morgan fingerprint density at radius 3 is 2.44 bits per heavy atom. The van der Waals surface area contributed by atoms with E-state index in [1.807, 2.05) is 36.6 Å². The molecular weight excluding hydrogens is 428 g/mol. The van der Waals surface area contributed by atoms with E-state index >= 15 is 0 Å². The Balaban J connectivity index is 1.64. The summed E-state index contributed by atoms with van der Waals surface area (Å²) in [6.45, 7) is 2.61. The van der Waals surface area contributed by atoms with Crippen LogP contribution in [-0.4, -0.2) is 32.2 Å². The molecule has 3 rings (SSSR count). The molecule has 0 spiro atoms. The Hall–Kier alpha value is -3.52. The molecule has 1 N–H and O–H groups in total. The first kappa shape index (κ1) is 23.1. The minimum absolute atomic E-state index is 0.244. The third-order valence-electron chi connectivity index (χ3n) is 4.62. The van der Waals surface area contributed by atoms with Crippen LogP contribution in [0.5, 0.6) is 23.0 Å². The number of amides is 1. The Morgan fingerprint density at radius 1 is 1.03 bits per heavy atom. The van der Waals surface area contributed by atoms with Crippen LogP contribution in [0.3, 0.4) is 0 Å². The average Bonchev–Trinajstić information content (AvgIpc) is 3.24. The maximum atomic E-state index is 12.4. The van der Waals surface area contributed by atoms with Gasteiger partial charge in [-0.25, -0.2) is 4.98 Å². The number of carbonyl (C=O) groups is 1. The molecule has 0 saturated carbocycles. The Bertz CT molecular complexity index is 1090. The molecule has 1 aromatic heterocycles. The van der Waals surface area contributed by atoms with Crippen LogP contribution in [0.2, 0.25) is 0 Å². The molecule has 1 amide bonds. The normalized spacial score (nSPS) is 10.8. The van der Waals surface area contributed by atoms with Gasteiger partial charge < -0.3 is 24.3 Å². The number of nitrogens with one attached hydrogen (secondary N) is 1. The standard InChI is InChI=1S/C24H26N2O5S/c1-16-26-19(15-32-16)14-31-20-8-6-5-7-17(20)9-10-24(27)25-13-18-11-22(29-3)23(30-4)12-21(18)28-2/h5-12,15H,13-14H2,1-4H3,(H,25,27)/b10-9+. The van der Waals surface area contributed by atoms with E-state index in [2.05, 4.69) is 10.3 Å². The minimum Gasteiger partial charge on any atom is -0.496 e. The Labute approximate surface area is 191 Å². The zero-order valence-electron chi connectivity index (χ0n) is 18.5. The van der Waals surface area contributed by atoms with Crippen LogP contribution in [0.4, 0.5) is 0 Å². The van der Waals surface area contributed by atoms with Gasteiger partial charge in [0.25, 0.3) is 0 Å². The summed E-state index contributed by atoms with van der Waals surface area (Å²) in [5.74, 6) is 2.16. The SMILES string of the molecule is COc1cc(OC)c(OC)cc1CNC(=O)/C=C/c1ccccc1OCc1csc(C)n1. The number of hydrogen-bond donors (Lipinski definition) is 1. The molecule has 0 bridgehead atoms. The van der Waals surface area contributed by atoms with Gasteiger partial charge in [-0.1, -0.05) is 18.2 Å². The van der Waals surface area contributed by atoms with Crippen molar-refractivity contribution >= 4 is 23.3 Å². The molecule has 7 nitrogen and oxygen atoms in total. The zero-order chi connectivity index (χ0) is 22.9. The monoisotopic (exact) mass is 454 g/mol. The minimum atomic E-state index is -0.244. The lowest BCUT2D eigenvalue weighted by molar-refractivity contribution is -0.116. The lowest BCUT2D eigenvalue weighted by Gasteiger charge is -2.14. The first-order valence-corrected chi connectivity index (χ1v) is 10.8. The van der Waals surface area contributed by atoms with E-state index < -0.39 is 0 Å². The quantitative estimate of drug-likeness (QED) is 0.458. The van der Waals surface area contributed by atoms with E-state index in [1.165, 1.54) is 6.08 Å². The van der Waals surface area contributed by atoms with Crippen molar-refractivity contribution in [2.75, 3.05) is 21.3 Å². The maximum Gasteiger partial charge on any atom is 0.244 e. The topological polar surface area (TPSA) is 78.9 Å². The van der Waals surface area contributed by atoms with E-state index in [0.717, 1.165) is 21.8 Å². The molecule has 8 heteroatoms. The van der Waals surface area contributed by atoms with Gasteiger partial charge in [-0.05, 0) is 25.1 Å². The fourth-order valence-corrected chi connectivity index (χ4v) is 3.61. The van der Waals surface area contributed by atoms with Crippen molar-refractivity contribution in [1.29, 1.82) is 0 Å². The maximum absolute atomic E-state index is 12.4. The van der Waals surface area contributed by atoms with E-state index in [1.54, 1.807) is 50.9 Å². The molecule has 32 heavy (non-hydrogen) atoms. The van der Waals surface area contributed by atoms with Crippen molar-refractivity contribution in [2.45, 2.75) is 20.1 Å². The van der Waals surface area contributed by atoms with Crippen molar-refractivity contribution in [1.82, 2.24) is 10.3 Å². The smallest absolute Gasteiger partial charge is 0.244 e. The van der Waals surface area contributed by atoms with Crippen LogP contribution in [0.1, 0.15) is 21.8 Å². The fourth-order valence-electron chi connectivity index (χ4n) is 3.01. The number of nitrogens with zero attached hydrogens (tertiary/aromatic N) is 1. The van der Waals surface area contributed by atoms with E-state index in [0.29, 0.717) is 29.6 Å². The number of aromatic nitrogens is 1. The van der Waals surface area contributed by atoms with Crippen molar-refractivity contribution < 1.29 is 23.7 Å². The van der Waals surface area contributed by atoms with Gasteiger partial charge in [0.2, 0.25) is 5.91 Å². The lowest BCUT2D eigenvalue weighted by atomic mass is 10.1. The molecule has 0 fully saturated rings. The lowest BCUT2D eigenvalue weighted by Crippen LogP contribution is -2.20. The zero-order valence-corrected chi connectivity index (χ0v) is 19.3. The van der Waals surface area contributed by atoms with Gasteiger partial charge in [0.1, 0.15) is 18.1 Å². The molecule has 0 atom stereocenters. The second-order valence-corrected chi connectivity index (χ2v) is 7.82. The van der Waals surface area contributed by atoms with Crippen molar-refractivity contribution in [3.05, 3.63) is 69.7 Å². The summed E-state index contributed by atoms with van der Waals surface area (Å²) in [6, 6.07) is 11.1. The van der Waals surface area contributed by atoms with Gasteiger partial charge >= 0.3 is 0 Å². The summed E-state index contributed by atoms with van der Waals surface area (Å²) < 4.78 is 21.9. The highest BCUT2D eigenvalue weighted by molar-refractivity contribution is 7.09. The summed E-state index contributed by atoms with van der Waals surface area (Å²) in [5.41, 5.74) is 2.46. The number of thiazole rings is 1. The summed E-state index contributed by atoms with van der Waals surface area (Å²) in [4.78, 5) is 16.8. The fraction of sp³-hybridized carbons (Fsp3) is 0.250. The number of carbonyl (C=O) groups excluding carboxylic acids is 1. The largest absolute Gasteiger partial charge is 0.496 e. The van der Waals surface area contributed by atoms with Gasteiger partial charge in [0, 0.05) is 35.2 Å². The second-order valence-electron chi connectivity index (χ2n) is 6.75. The van der Waals surface area contributed by atoms with E-state index in [-0.39, 0.29) is 12.5 Å². The summed E-state index contributed by atoms with van der Waals surface area (Å²) >= 11 is 1.59. The molecule has 0 radical (unpaired) electrons. The van der Waals surface area contributed by atoms with Crippen molar-refractivity contribution in [2.24, 2.45) is 0 Å². The molecule has 0 saturated heterocycles. The summed E-state index contributed by atoms with van der Waals surface area (Å²) in [7, 11) is 4.68. The van der Waals surface area contributed by atoms with Crippen LogP contribution in [0.25, 0.3) is 6.08 Å². The molecule has 2 aromatic carbocycles. The third-order valence-corrected chi connectivity index (χ3v) is 5.44. The average molecular weight is 455 g/mol. The predicted molar refractivity (Wildman–Crippen MR) is 125 cm³/mol. The molecule has 168 valence electrons. The summed E-state index contributed by atoms with van der Waals surface area (Å²) in [5, 5.41) is 5.84. The van der Waals surface area contributed by atoms with Crippen LogP contribution in [-0.2, 0) is 17.9 Å². The second kappa shape index (κ2) is 11.2. The van der Waals surface area contributed by atoms with Crippen LogP contribution < -0.4 is 24.3 Å². The number of methoxy groups -OCH3 is 3. The third kappa shape index (κ3) is 6.01. The number of ether oxygens (including phenoxy) is 4. The van der Waals surface area contributed by atoms with Gasteiger partial charge in [-0.2, -0.15) is 0 Å². The predicted octanol–water partition coefficient (Wildman–Crippen LogP) is 4.39. The molecule has 0 aliphatic carbocycles.